The summed E-state index contributed by atoms with van der Waals surface area (Å²) in [4.78, 5) is 14.0. The van der Waals surface area contributed by atoms with Crippen molar-refractivity contribution in [3.05, 3.63) is 23.8 Å². The number of carbonyl (C=O) groups excluding carboxylic acids is 1. The molecule has 1 rings (SSSR count). The monoisotopic (exact) mass is 246 g/mol. The second kappa shape index (κ2) is 6.55. The van der Waals surface area contributed by atoms with E-state index in [0.717, 1.165) is 6.42 Å². The summed E-state index contributed by atoms with van der Waals surface area (Å²) in [5.41, 5.74) is 6.63. The van der Waals surface area contributed by atoms with E-state index in [1.54, 1.807) is 23.1 Å². The Kier molecular flexibility index (Phi) is 5.06. The van der Waals surface area contributed by atoms with Gasteiger partial charge in [0, 0.05) is 12.2 Å². The van der Waals surface area contributed by atoms with Gasteiger partial charge in [0.2, 0.25) is 0 Å². The summed E-state index contributed by atoms with van der Waals surface area (Å²) in [6.07, 6.45) is 6.11. The van der Waals surface area contributed by atoms with Crippen molar-refractivity contribution in [2.75, 3.05) is 25.9 Å². The third-order valence-electron chi connectivity index (χ3n) is 2.56. The molecule has 0 saturated carbocycles. The number of nitrogen functional groups attached to an aromatic ring is 1. The Hall–Kier alpha value is -2.15. The van der Waals surface area contributed by atoms with Crippen molar-refractivity contribution in [3.8, 4) is 18.1 Å². The van der Waals surface area contributed by atoms with E-state index >= 15 is 0 Å². The fraction of sp³-hybridized carbons (Fsp3) is 0.357. The number of hydrogen-bond acceptors (Lipinski definition) is 3. The van der Waals surface area contributed by atoms with Crippen molar-refractivity contribution in [1.82, 2.24) is 4.90 Å². The third-order valence-corrected chi connectivity index (χ3v) is 2.56. The minimum atomic E-state index is -0.190. The minimum absolute atomic E-state index is 0.190. The molecule has 0 bridgehead atoms. The normalized spacial score (nSPS) is 9.61. The highest BCUT2D eigenvalue weighted by atomic mass is 16.5. The third kappa shape index (κ3) is 2.95. The fourth-order valence-corrected chi connectivity index (χ4v) is 1.74. The van der Waals surface area contributed by atoms with Crippen LogP contribution in [0, 0.1) is 12.3 Å². The Balaban J connectivity index is 3.12. The van der Waals surface area contributed by atoms with Crippen molar-refractivity contribution >= 4 is 11.6 Å². The SMILES string of the molecule is C#CCN(CCC)C(=O)c1c(N)cccc1OC. The van der Waals surface area contributed by atoms with Crippen LogP contribution in [0.5, 0.6) is 5.75 Å². The number of nitrogens with zero attached hydrogens (tertiary/aromatic N) is 1. The second-order valence-corrected chi connectivity index (χ2v) is 3.86. The summed E-state index contributed by atoms with van der Waals surface area (Å²) in [5.74, 6) is 2.76. The molecule has 0 aliphatic carbocycles. The van der Waals surface area contributed by atoms with Gasteiger partial charge in [-0.3, -0.25) is 4.79 Å². The van der Waals surface area contributed by atoms with Gasteiger partial charge in [-0.1, -0.05) is 18.9 Å². The van der Waals surface area contributed by atoms with Gasteiger partial charge in [-0.05, 0) is 18.6 Å². The zero-order chi connectivity index (χ0) is 13.5. The Morgan fingerprint density at radius 3 is 2.83 bits per heavy atom. The number of hydrogen-bond donors (Lipinski definition) is 1. The molecule has 0 heterocycles. The predicted octanol–water partition coefficient (Wildman–Crippen LogP) is 1.76. The summed E-state index contributed by atoms with van der Waals surface area (Å²) >= 11 is 0. The van der Waals surface area contributed by atoms with Crippen molar-refractivity contribution in [3.63, 3.8) is 0 Å². The number of anilines is 1. The molecule has 96 valence electrons. The van der Waals surface area contributed by atoms with Crippen molar-refractivity contribution < 1.29 is 9.53 Å². The van der Waals surface area contributed by atoms with Crippen LogP contribution in [0.4, 0.5) is 5.69 Å². The van der Waals surface area contributed by atoms with Crippen molar-refractivity contribution in [1.29, 1.82) is 0 Å². The number of terminal acetylenes is 1. The maximum absolute atomic E-state index is 12.4. The highest BCUT2D eigenvalue weighted by molar-refractivity contribution is 6.02. The molecule has 0 spiro atoms. The van der Waals surface area contributed by atoms with E-state index in [1.807, 2.05) is 6.92 Å². The maximum Gasteiger partial charge on any atom is 0.260 e. The summed E-state index contributed by atoms with van der Waals surface area (Å²) in [7, 11) is 1.51. The highest BCUT2D eigenvalue weighted by Crippen LogP contribution is 2.25. The number of rotatable bonds is 5. The molecule has 2 N–H and O–H groups in total. The van der Waals surface area contributed by atoms with Crippen molar-refractivity contribution in [2.24, 2.45) is 0 Å². The number of amides is 1. The molecule has 0 aliphatic rings. The molecule has 4 nitrogen and oxygen atoms in total. The van der Waals surface area contributed by atoms with Gasteiger partial charge in [-0.25, -0.2) is 0 Å². The first kappa shape index (κ1) is 13.9. The van der Waals surface area contributed by atoms with Crippen LogP contribution in [0.3, 0.4) is 0 Å². The topological polar surface area (TPSA) is 55.6 Å². The molecule has 0 atom stereocenters. The predicted molar refractivity (Wildman–Crippen MR) is 72.4 cm³/mol. The van der Waals surface area contributed by atoms with Crippen LogP contribution in [0.2, 0.25) is 0 Å². The second-order valence-electron chi connectivity index (χ2n) is 3.86. The molecule has 0 aliphatic heterocycles. The van der Waals surface area contributed by atoms with Crippen LogP contribution in [0.1, 0.15) is 23.7 Å². The maximum atomic E-state index is 12.4. The van der Waals surface area contributed by atoms with Gasteiger partial charge in [0.1, 0.15) is 11.3 Å². The first-order valence-corrected chi connectivity index (χ1v) is 5.80. The Morgan fingerprint density at radius 1 is 1.56 bits per heavy atom. The summed E-state index contributed by atoms with van der Waals surface area (Å²) in [6.45, 7) is 2.85. The lowest BCUT2D eigenvalue weighted by atomic mass is 10.1. The minimum Gasteiger partial charge on any atom is -0.496 e. The van der Waals surface area contributed by atoms with E-state index in [-0.39, 0.29) is 12.5 Å². The van der Waals surface area contributed by atoms with Crippen LogP contribution in [0.25, 0.3) is 0 Å². The summed E-state index contributed by atoms with van der Waals surface area (Å²) < 4.78 is 5.17. The molecule has 4 heteroatoms. The molecule has 0 aromatic heterocycles. The quantitative estimate of drug-likeness (QED) is 0.636. The molecule has 1 amide bonds. The van der Waals surface area contributed by atoms with Gasteiger partial charge in [0.15, 0.2) is 0 Å². The number of methoxy groups -OCH3 is 1. The summed E-state index contributed by atoms with van der Waals surface area (Å²) in [5, 5.41) is 0. The molecular formula is C14H18N2O2. The molecule has 0 saturated heterocycles. The van der Waals surface area contributed by atoms with Gasteiger partial charge in [-0.2, -0.15) is 0 Å². The Bertz CT molecular complexity index is 463. The van der Waals surface area contributed by atoms with Crippen LogP contribution >= 0.6 is 0 Å². The average Bonchev–Trinajstić information content (AvgIpc) is 2.37. The Morgan fingerprint density at radius 2 is 2.28 bits per heavy atom. The molecule has 1 aromatic carbocycles. The first-order chi connectivity index (χ1) is 8.65. The van der Waals surface area contributed by atoms with Gasteiger partial charge in [0.25, 0.3) is 5.91 Å². The van der Waals surface area contributed by atoms with E-state index in [1.165, 1.54) is 7.11 Å². The van der Waals surface area contributed by atoms with Crippen LogP contribution in [0.15, 0.2) is 18.2 Å². The largest absolute Gasteiger partial charge is 0.496 e. The van der Waals surface area contributed by atoms with Gasteiger partial charge in [-0.15, -0.1) is 6.42 Å². The fourth-order valence-electron chi connectivity index (χ4n) is 1.74. The van der Waals surface area contributed by atoms with E-state index in [2.05, 4.69) is 5.92 Å². The van der Waals surface area contributed by atoms with Gasteiger partial charge < -0.3 is 15.4 Å². The van der Waals surface area contributed by atoms with Gasteiger partial charge in [0.05, 0.1) is 13.7 Å². The van der Waals surface area contributed by atoms with E-state index in [0.29, 0.717) is 23.5 Å². The van der Waals surface area contributed by atoms with Crippen LogP contribution in [-0.2, 0) is 0 Å². The van der Waals surface area contributed by atoms with E-state index < -0.39 is 0 Å². The molecule has 18 heavy (non-hydrogen) atoms. The smallest absolute Gasteiger partial charge is 0.260 e. The van der Waals surface area contributed by atoms with Crippen LogP contribution < -0.4 is 10.5 Å². The molecule has 0 radical (unpaired) electrons. The lowest BCUT2D eigenvalue weighted by molar-refractivity contribution is 0.0774. The van der Waals surface area contributed by atoms with Gasteiger partial charge >= 0.3 is 0 Å². The molecule has 0 unspecified atom stereocenters. The average molecular weight is 246 g/mol. The summed E-state index contributed by atoms with van der Waals surface area (Å²) in [6, 6.07) is 5.13. The Labute approximate surface area is 108 Å². The lowest BCUT2D eigenvalue weighted by Gasteiger charge is -2.21. The number of benzene rings is 1. The molecular weight excluding hydrogens is 228 g/mol. The number of nitrogens with two attached hydrogens (primary N) is 1. The van der Waals surface area contributed by atoms with E-state index in [9.17, 15) is 4.79 Å². The van der Waals surface area contributed by atoms with E-state index in [4.69, 9.17) is 16.9 Å². The number of carbonyl (C=O) groups is 1. The first-order valence-electron chi connectivity index (χ1n) is 5.80. The molecule has 0 fully saturated rings. The lowest BCUT2D eigenvalue weighted by Crippen LogP contribution is -2.33. The van der Waals surface area contributed by atoms with Crippen molar-refractivity contribution in [2.45, 2.75) is 13.3 Å². The van der Waals surface area contributed by atoms with Crippen LogP contribution in [-0.4, -0.2) is 31.0 Å². The standard InChI is InChI=1S/C14H18N2O2/c1-4-9-16(10-5-2)14(17)13-11(15)7-6-8-12(13)18-3/h1,6-8H,5,9-10,15H2,2-3H3. The zero-order valence-electron chi connectivity index (χ0n) is 10.8. The zero-order valence-corrected chi connectivity index (χ0v) is 10.8. The molecule has 1 aromatic rings. The highest BCUT2D eigenvalue weighted by Gasteiger charge is 2.20. The number of ether oxygens (including phenoxy) is 1.